The molecule has 2 aliphatic carbocycles. The summed E-state index contributed by atoms with van der Waals surface area (Å²) in [5, 5.41) is 3.22. The highest BCUT2D eigenvalue weighted by atomic mass is 19.1. The van der Waals surface area contributed by atoms with Crippen LogP contribution >= 0.6 is 0 Å². The van der Waals surface area contributed by atoms with Crippen molar-refractivity contribution in [3.63, 3.8) is 0 Å². The van der Waals surface area contributed by atoms with Gasteiger partial charge in [0, 0.05) is 50.4 Å². The molecule has 3 fully saturated rings. The van der Waals surface area contributed by atoms with Crippen LogP contribution in [-0.2, 0) is 9.53 Å². The zero-order valence-electron chi connectivity index (χ0n) is 21.7. The zero-order chi connectivity index (χ0) is 25.5. The first-order valence-corrected chi connectivity index (χ1v) is 13.8. The fourth-order valence-corrected chi connectivity index (χ4v) is 6.20. The Morgan fingerprint density at radius 1 is 1.08 bits per heavy atom. The minimum atomic E-state index is -0.542. The van der Waals surface area contributed by atoms with E-state index in [2.05, 4.69) is 10.2 Å². The largest absolute Gasteiger partial charge is 0.383 e. The van der Waals surface area contributed by atoms with Gasteiger partial charge < -0.3 is 20.7 Å². The number of carbonyl (C=O) groups is 2. The summed E-state index contributed by atoms with van der Waals surface area (Å²) in [6.07, 6.45) is 10.5. The Labute approximate surface area is 214 Å². The van der Waals surface area contributed by atoms with Crippen LogP contribution in [0, 0.1) is 11.7 Å². The zero-order valence-corrected chi connectivity index (χ0v) is 21.7. The van der Waals surface area contributed by atoms with Crippen LogP contribution in [0.5, 0.6) is 0 Å². The van der Waals surface area contributed by atoms with E-state index in [-0.39, 0.29) is 35.8 Å². The molecular formula is C28H43FN4O3. The van der Waals surface area contributed by atoms with Gasteiger partial charge in [-0.2, -0.15) is 0 Å². The summed E-state index contributed by atoms with van der Waals surface area (Å²) in [5.74, 6) is -0.0319. The van der Waals surface area contributed by atoms with Gasteiger partial charge in [0.15, 0.2) is 0 Å². The lowest BCUT2D eigenvalue weighted by Crippen LogP contribution is -2.50. The average molecular weight is 503 g/mol. The van der Waals surface area contributed by atoms with Crippen LogP contribution in [0.25, 0.3) is 0 Å². The normalized spacial score (nSPS) is 27.4. The van der Waals surface area contributed by atoms with E-state index < -0.39 is 6.04 Å². The minimum Gasteiger partial charge on any atom is -0.383 e. The van der Waals surface area contributed by atoms with Gasteiger partial charge in [0.05, 0.1) is 6.61 Å². The molecule has 1 aromatic rings. The van der Waals surface area contributed by atoms with E-state index in [1.54, 1.807) is 12.0 Å². The first-order chi connectivity index (χ1) is 17.4. The fraction of sp³-hybridized carbons (Fsp3) is 0.714. The molecule has 2 amide bonds. The number of hydrogen-bond donors (Lipinski definition) is 2. The molecule has 4 rings (SSSR count). The van der Waals surface area contributed by atoms with Crippen LogP contribution in [0.2, 0.25) is 0 Å². The van der Waals surface area contributed by atoms with E-state index in [1.807, 2.05) is 0 Å². The molecule has 7 nitrogen and oxygen atoms in total. The van der Waals surface area contributed by atoms with Crippen molar-refractivity contribution in [3.05, 3.63) is 35.6 Å². The monoisotopic (exact) mass is 502 g/mol. The maximum atomic E-state index is 13.5. The quantitative estimate of drug-likeness (QED) is 0.541. The first kappa shape index (κ1) is 27.0. The molecular weight excluding hydrogens is 459 g/mol. The topological polar surface area (TPSA) is 87.9 Å². The van der Waals surface area contributed by atoms with E-state index in [4.69, 9.17) is 10.5 Å². The van der Waals surface area contributed by atoms with Crippen LogP contribution in [-0.4, -0.2) is 79.1 Å². The van der Waals surface area contributed by atoms with Crippen LogP contribution < -0.4 is 11.1 Å². The van der Waals surface area contributed by atoms with Gasteiger partial charge in [0.2, 0.25) is 5.91 Å². The molecule has 2 saturated carbocycles. The van der Waals surface area contributed by atoms with Gasteiger partial charge in [-0.15, -0.1) is 0 Å². The number of ether oxygens (including phenoxy) is 1. The van der Waals surface area contributed by atoms with Crippen LogP contribution in [0.4, 0.5) is 4.39 Å². The second-order valence-electron chi connectivity index (χ2n) is 11.0. The number of nitrogens with one attached hydrogen (secondary N) is 1. The van der Waals surface area contributed by atoms with Gasteiger partial charge in [-0.05, 0) is 75.1 Å². The Balaban J connectivity index is 1.51. The van der Waals surface area contributed by atoms with Crippen molar-refractivity contribution in [2.24, 2.45) is 11.7 Å². The van der Waals surface area contributed by atoms with Gasteiger partial charge in [-0.1, -0.05) is 19.3 Å². The molecule has 2 atom stereocenters. The average Bonchev–Trinajstić information content (AvgIpc) is 3.34. The number of benzene rings is 1. The number of halogens is 1. The standard InChI is InChI=1S/C28H43FN4O3/c1-36-16-15-32(18-20-5-3-2-4-6-20)25-17-26(27(34)31-24-13-11-23(30)12-14-24)33(19-25)28(35)21-7-9-22(29)10-8-21/h7-10,20,23-26H,2-6,11-19,30H2,1H3,(H,31,34). The highest BCUT2D eigenvalue weighted by Crippen LogP contribution is 2.30. The molecule has 1 heterocycles. The fourth-order valence-electron chi connectivity index (χ4n) is 6.20. The van der Waals surface area contributed by atoms with Crippen molar-refractivity contribution in [1.82, 2.24) is 15.1 Å². The third-order valence-electron chi connectivity index (χ3n) is 8.37. The highest BCUT2D eigenvalue weighted by molar-refractivity contribution is 5.98. The van der Waals surface area contributed by atoms with E-state index in [0.29, 0.717) is 31.1 Å². The number of nitrogens with zero attached hydrogens (tertiary/aromatic N) is 2. The third-order valence-corrected chi connectivity index (χ3v) is 8.37. The van der Waals surface area contributed by atoms with Gasteiger partial charge >= 0.3 is 0 Å². The summed E-state index contributed by atoms with van der Waals surface area (Å²) in [4.78, 5) is 31.2. The Hall–Kier alpha value is -2.03. The number of methoxy groups -OCH3 is 1. The van der Waals surface area contributed by atoms with E-state index in [1.165, 1.54) is 56.4 Å². The molecule has 36 heavy (non-hydrogen) atoms. The molecule has 1 saturated heterocycles. The Bertz CT molecular complexity index is 853. The molecule has 200 valence electrons. The predicted molar refractivity (Wildman–Crippen MR) is 138 cm³/mol. The number of carbonyl (C=O) groups excluding carboxylic acids is 2. The lowest BCUT2D eigenvalue weighted by atomic mass is 9.88. The summed E-state index contributed by atoms with van der Waals surface area (Å²) in [5.41, 5.74) is 6.46. The second-order valence-corrected chi connectivity index (χ2v) is 11.0. The number of amides is 2. The molecule has 0 spiro atoms. The lowest BCUT2D eigenvalue weighted by molar-refractivity contribution is -0.125. The van der Waals surface area contributed by atoms with Crippen molar-refractivity contribution < 1.29 is 18.7 Å². The van der Waals surface area contributed by atoms with Crippen molar-refractivity contribution in [2.45, 2.75) is 88.4 Å². The lowest BCUT2D eigenvalue weighted by Gasteiger charge is -2.33. The van der Waals surface area contributed by atoms with Crippen molar-refractivity contribution in [1.29, 1.82) is 0 Å². The van der Waals surface area contributed by atoms with Gasteiger partial charge in [-0.3, -0.25) is 14.5 Å². The minimum absolute atomic E-state index is 0.0852. The summed E-state index contributed by atoms with van der Waals surface area (Å²) in [6, 6.07) is 5.47. The highest BCUT2D eigenvalue weighted by Gasteiger charge is 2.43. The SMILES string of the molecule is COCCN(CC1CCCCC1)C1CC(C(=O)NC2CCC(N)CC2)N(C(=O)c2ccc(F)cc2)C1. The van der Waals surface area contributed by atoms with Crippen molar-refractivity contribution in [2.75, 3.05) is 33.4 Å². The van der Waals surface area contributed by atoms with Gasteiger partial charge in [-0.25, -0.2) is 4.39 Å². The van der Waals surface area contributed by atoms with Crippen LogP contribution in [0.15, 0.2) is 24.3 Å². The Morgan fingerprint density at radius 3 is 2.44 bits per heavy atom. The molecule has 0 aromatic heterocycles. The predicted octanol–water partition coefficient (Wildman–Crippen LogP) is 3.32. The van der Waals surface area contributed by atoms with E-state index in [9.17, 15) is 14.0 Å². The summed E-state index contributed by atoms with van der Waals surface area (Å²) >= 11 is 0. The number of nitrogens with two attached hydrogens (primary N) is 1. The number of likely N-dealkylation sites (tertiary alicyclic amines) is 1. The second kappa shape index (κ2) is 13.0. The molecule has 2 unspecified atom stereocenters. The van der Waals surface area contributed by atoms with Crippen molar-refractivity contribution in [3.8, 4) is 0 Å². The Kier molecular flexibility index (Phi) is 9.73. The molecule has 0 radical (unpaired) electrons. The number of rotatable bonds is 9. The van der Waals surface area contributed by atoms with E-state index in [0.717, 1.165) is 38.8 Å². The molecule has 1 aliphatic heterocycles. The molecule has 3 aliphatic rings. The molecule has 1 aromatic carbocycles. The van der Waals surface area contributed by atoms with Crippen molar-refractivity contribution >= 4 is 11.8 Å². The maximum Gasteiger partial charge on any atom is 0.254 e. The van der Waals surface area contributed by atoms with Gasteiger partial charge in [0.1, 0.15) is 11.9 Å². The van der Waals surface area contributed by atoms with Crippen LogP contribution in [0.3, 0.4) is 0 Å². The van der Waals surface area contributed by atoms with E-state index >= 15 is 0 Å². The smallest absolute Gasteiger partial charge is 0.254 e. The summed E-state index contributed by atoms with van der Waals surface area (Å²) in [6.45, 7) is 2.86. The number of hydrogen-bond acceptors (Lipinski definition) is 5. The first-order valence-electron chi connectivity index (χ1n) is 13.8. The molecule has 8 heteroatoms. The maximum absolute atomic E-state index is 13.5. The summed E-state index contributed by atoms with van der Waals surface area (Å²) < 4.78 is 18.9. The van der Waals surface area contributed by atoms with Crippen LogP contribution in [0.1, 0.15) is 74.6 Å². The molecule has 0 bridgehead atoms. The third kappa shape index (κ3) is 7.05. The summed E-state index contributed by atoms with van der Waals surface area (Å²) in [7, 11) is 1.71. The van der Waals surface area contributed by atoms with Gasteiger partial charge in [0.25, 0.3) is 5.91 Å². The Morgan fingerprint density at radius 2 is 1.78 bits per heavy atom. The molecule has 3 N–H and O–H groups in total.